The van der Waals surface area contributed by atoms with Gasteiger partial charge in [0.1, 0.15) is 0 Å². The maximum atomic E-state index is 12.2. The lowest BCUT2D eigenvalue weighted by Gasteiger charge is -2.10. The van der Waals surface area contributed by atoms with Crippen LogP contribution in [-0.4, -0.2) is 5.91 Å². The van der Waals surface area contributed by atoms with Gasteiger partial charge < -0.3 is 11.1 Å². The molecule has 2 rings (SSSR count). The third-order valence-corrected chi connectivity index (χ3v) is 3.66. The quantitative estimate of drug-likeness (QED) is 0.757. The molecule has 0 saturated carbocycles. The minimum atomic E-state index is -0.171. The van der Waals surface area contributed by atoms with Crippen molar-refractivity contribution in [3.8, 4) is 0 Å². The minimum Gasteiger partial charge on any atom is -0.398 e. The summed E-state index contributed by atoms with van der Waals surface area (Å²) < 4.78 is 1.69. The number of hydrogen-bond acceptors (Lipinski definition) is 2. The summed E-state index contributed by atoms with van der Waals surface area (Å²) in [4.78, 5) is 12.2. The molecule has 2 aromatic rings. The molecule has 0 aromatic heterocycles. The van der Waals surface area contributed by atoms with E-state index in [0.29, 0.717) is 11.3 Å². The first-order chi connectivity index (χ1) is 8.97. The first-order valence-corrected chi connectivity index (χ1v) is 7.18. The highest BCUT2D eigenvalue weighted by molar-refractivity contribution is 9.11. The second-order valence-electron chi connectivity index (χ2n) is 4.13. The molecule has 0 radical (unpaired) electrons. The normalized spacial score (nSPS) is 10.3. The van der Waals surface area contributed by atoms with Gasteiger partial charge in [0.25, 0.3) is 5.91 Å². The number of carbonyl (C=O) groups is 1. The summed E-state index contributed by atoms with van der Waals surface area (Å²) in [5.74, 6) is -0.171. The van der Waals surface area contributed by atoms with E-state index in [2.05, 4.69) is 37.2 Å². The molecule has 0 unspecified atom stereocenters. The first-order valence-electron chi connectivity index (χ1n) is 5.60. The first kappa shape index (κ1) is 14.1. The van der Waals surface area contributed by atoms with Gasteiger partial charge >= 0.3 is 0 Å². The zero-order valence-corrected chi connectivity index (χ0v) is 13.4. The van der Waals surface area contributed by atoms with E-state index in [9.17, 15) is 4.79 Å². The Kier molecular flexibility index (Phi) is 4.27. The van der Waals surface area contributed by atoms with E-state index < -0.39 is 0 Å². The zero-order valence-electron chi connectivity index (χ0n) is 10.2. The van der Waals surface area contributed by atoms with E-state index in [1.807, 2.05) is 25.1 Å². The smallest absolute Gasteiger partial charge is 0.255 e. The third kappa shape index (κ3) is 3.36. The summed E-state index contributed by atoms with van der Waals surface area (Å²) in [5.41, 5.74) is 8.64. The topological polar surface area (TPSA) is 55.1 Å². The Morgan fingerprint density at radius 2 is 1.79 bits per heavy atom. The predicted molar refractivity (Wildman–Crippen MR) is 85.4 cm³/mol. The van der Waals surface area contributed by atoms with Gasteiger partial charge in [-0.05, 0) is 42.8 Å². The maximum absolute atomic E-state index is 12.2. The van der Waals surface area contributed by atoms with Crippen molar-refractivity contribution in [2.24, 2.45) is 0 Å². The molecule has 0 aliphatic carbocycles. The van der Waals surface area contributed by atoms with Gasteiger partial charge in [0.2, 0.25) is 0 Å². The van der Waals surface area contributed by atoms with Crippen molar-refractivity contribution in [3.63, 3.8) is 0 Å². The number of anilines is 2. The monoisotopic (exact) mass is 382 g/mol. The number of benzene rings is 2. The van der Waals surface area contributed by atoms with Crippen molar-refractivity contribution < 1.29 is 4.79 Å². The molecule has 0 atom stereocenters. The molecule has 0 fully saturated rings. The van der Waals surface area contributed by atoms with Crippen LogP contribution in [0.3, 0.4) is 0 Å². The number of amides is 1. The second-order valence-corrected chi connectivity index (χ2v) is 5.96. The van der Waals surface area contributed by atoms with Crippen molar-refractivity contribution in [2.45, 2.75) is 6.92 Å². The average molecular weight is 384 g/mol. The lowest BCUT2D eigenvalue weighted by atomic mass is 10.1. The fraction of sp³-hybridized carbons (Fsp3) is 0.0714. The number of carbonyl (C=O) groups excluding carboxylic acids is 1. The Labute approximate surface area is 128 Å². The van der Waals surface area contributed by atoms with Gasteiger partial charge in [-0.25, -0.2) is 0 Å². The van der Waals surface area contributed by atoms with E-state index in [0.717, 1.165) is 20.2 Å². The molecule has 0 bridgehead atoms. The molecule has 5 heteroatoms. The summed E-state index contributed by atoms with van der Waals surface area (Å²) in [6.45, 7) is 1.88. The highest BCUT2D eigenvalue weighted by atomic mass is 79.9. The molecule has 0 aliphatic rings. The second kappa shape index (κ2) is 5.75. The van der Waals surface area contributed by atoms with Crippen molar-refractivity contribution in [2.75, 3.05) is 11.1 Å². The molecule has 98 valence electrons. The molecule has 1 amide bonds. The Bertz CT molecular complexity index is 621. The van der Waals surface area contributed by atoms with Crippen LogP contribution in [-0.2, 0) is 0 Å². The zero-order chi connectivity index (χ0) is 14.0. The average Bonchev–Trinajstić information content (AvgIpc) is 2.33. The van der Waals surface area contributed by atoms with Gasteiger partial charge in [-0.3, -0.25) is 4.79 Å². The van der Waals surface area contributed by atoms with Gasteiger partial charge in [0.05, 0.1) is 0 Å². The van der Waals surface area contributed by atoms with Gasteiger partial charge in [-0.2, -0.15) is 0 Å². The van der Waals surface area contributed by atoms with Crippen LogP contribution in [0.25, 0.3) is 0 Å². The van der Waals surface area contributed by atoms with Gasteiger partial charge in [0, 0.05) is 25.9 Å². The Morgan fingerprint density at radius 1 is 1.16 bits per heavy atom. The molecule has 2 aromatic carbocycles. The Hall–Kier alpha value is -1.33. The van der Waals surface area contributed by atoms with E-state index in [-0.39, 0.29) is 5.91 Å². The molecule has 0 heterocycles. The van der Waals surface area contributed by atoms with Crippen molar-refractivity contribution in [1.29, 1.82) is 0 Å². The lowest BCUT2D eigenvalue weighted by Crippen LogP contribution is -2.13. The largest absolute Gasteiger partial charge is 0.398 e. The van der Waals surface area contributed by atoms with Gasteiger partial charge in [0.15, 0.2) is 0 Å². The minimum absolute atomic E-state index is 0.171. The van der Waals surface area contributed by atoms with Crippen LogP contribution < -0.4 is 11.1 Å². The molecule has 3 nitrogen and oxygen atoms in total. The summed E-state index contributed by atoms with van der Waals surface area (Å²) in [6.07, 6.45) is 0. The lowest BCUT2D eigenvalue weighted by molar-refractivity contribution is 0.102. The third-order valence-electron chi connectivity index (χ3n) is 2.75. The molecular weight excluding hydrogens is 372 g/mol. The van der Waals surface area contributed by atoms with Crippen LogP contribution in [0.2, 0.25) is 0 Å². The van der Waals surface area contributed by atoms with Crippen molar-refractivity contribution in [1.82, 2.24) is 0 Å². The van der Waals surface area contributed by atoms with E-state index >= 15 is 0 Å². The van der Waals surface area contributed by atoms with E-state index in [1.165, 1.54) is 0 Å². The Morgan fingerprint density at radius 3 is 2.42 bits per heavy atom. The highest BCUT2D eigenvalue weighted by Crippen LogP contribution is 2.23. The number of hydrogen-bond donors (Lipinski definition) is 2. The summed E-state index contributed by atoms with van der Waals surface area (Å²) >= 11 is 6.73. The summed E-state index contributed by atoms with van der Waals surface area (Å²) in [7, 11) is 0. The number of halogens is 2. The molecule has 0 aliphatic heterocycles. The SMILES string of the molecule is Cc1c(N)cccc1NC(=O)c1cc(Br)cc(Br)c1. The van der Waals surface area contributed by atoms with Crippen LogP contribution in [0.4, 0.5) is 11.4 Å². The van der Waals surface area contributed by atoms with E-state index in [4.69, 9.17) is 5.73 Å². The molecule has 3 N–H and O–H groups in total. The Balaban J connectivity index is 2.28. The van der Waals surface area contributed by atoms with Crippen molar-refractivity contribution >= 4 is 49.1 Å². The van der Waals surface area contributed by atoms with Gasteiger partial charge in [-0.15, -0.1) is 0 Å². The highest BCUT2D eigenvalue weighted by Gasteiger charge is 2.10. The number of nitrogen functional groups attached to an aromatic ring is 1. The number of rotatable bonds is 2. The molecule has 0 spiro atoms. The van der Waals surface area contributed by atoms with Crippen LogP contribution in [0.5, 0.6) is 0 Å². The summed E-state index contributed by atoms with van der Waals surface area (Å²) in [6, 6.07) is 10.9. The fourth-order valence-electron chi connectivity index (χ4n) is 1.67. The van der Waals surface area contributed by atoms with Crippen molar-refractivity contribution in [3.05, 3.63) is 56.5 Å². The molecular formula is C14H12Br2N2O. The number of nitrogens with one attached hydrogen (secondary N) is 1. The number of nitrogens with two attached hydrogens (primary N) is 1. The molecule has 19 heavy (non-hydrogen) atoms. The maximum Gasteiger partial charge on any atom is 0.255 e. The van der Waals surface area contributed by atoms with Crippen LogP contribution >= 0.6 is 31.9 Å². The summed E-state index contributed by atoms with van der Waals surface area (Å²) in [5, 5.41) is 2.86. The fourth-order valence-corrected chi connectivity index (χ4v) is 2.96. The van der Waals surface area contributed by atoms with Crippen LogP contribution in [0.15, 0.2) is 45.3 Å². The van der Waals surface area contributed by atoms with E-state index in [1.54, 1.807) is 18.2 Å². The van der Waals surface area contributed by atoms with Gasteiger partial charge in [-0.1, -0.05) is 37.9 Å². The predicted octanol–water partition coefficient (Wildman–Crippen LogP) is 4.35. The standard InChI is InChI=1S/C14H12Br2N2O/c1-8-12(17)3-2-4-13(8)18-14(19)9-5-10(15)7-11(16)6-9/h2-7H,17H2,1H3,(H,18,19). The van der Waals surface area contributed by atoms with Crippen LogP contribution in [0.1, 0.15) is 15.9 Å². The van der Waals surface area contributed by atoms with Crippen LogP contribution in [0, 0.1) is 6.92 Å². The molecule has 0 saturated heterocycles.